The summed E-state index contributed by atoms with van der Waals surface area (Å²) < 4.78 is 10.5. The molecule has 1 N–H and O–H groups in total. The van der Waals surface area contributed by atoms with Gasteiger partial charge in [0.1, 0.15) is 0 Å². The van der Waals surface area contributed by atoms with Crippen LogP contribution < -0.4 is 5.32 Å². The van der Waals surface area contributed by atoms with Crippen LogP contribution in [0.5, 0.6) is 0 Å². The van der Waals surface area contributed by atoms with Crippen LogP contribution >= 0.6 is 0 Å². The van der Waals surface area contributed by atoms with Crippen molar-refractivity contribution in [2.75, 3.05) is 52.6 Å². The van der Waals surface area contributed by atoms with E-state index in [9.17, 15) is 4.79 Å². The number of carbonyl (C=O) groups excluding carboxylic acids is 1. The van der Waals surface area contributed by atoms with Crippen LogP contribution in [0.3, 0.4) is 0 Å². The number of hydrogen-bond acceptors (Lipinski definition) is 4. The first-order chi connectivity index (χ1) is 8.36. The number of hydrogen-bond donors (Lipinski definition) is 1. The van der Waals surface area contributed by atoms with Gasteiger partial charge in [-0.3, -0.25) is 9.69 Å². The van der Waals surface area contributed by atoms with Gasteiger partial charge in [0, 0.05) is 45.3 Å². The molecule has 2 aliphatic rings. The summed E-state index contributed by atoms with van der Waals surface area (Å²) in [6.07, 6.45) is 1.73. The van der Waals surface area contributed by atoms with E-state index < -0.39 is 0 Å². The van der Waals surface area contributed by atoms with Gasteiger partial charge < -0.3 is 14.8 Å². The van der Waals surface area contributed by atoms with Gasteiger partial charge in [-0.15, -0.1) is 0 Å². The number of nitrogens with one attached hydrogen (secondary N) is 1. The smallest absolute Gasteiger partial charge is 0.223 e. The van der Waals surface area contributed by atoms with E-state index in [0.717, 1.165) is 65.4 Å². The molecule has 2 heterocycles. The Hall–Kier alpha value is -0.650. The largest absolute Gasteiger partial charge is 0.381 e. The Morgan fingerprint density at radius 3 is 2.47 bits per heavy atom. The maximum atomic E-state index is 11.8. The molecule has 0 aromatic carbocycles. The van der Waals surface area contributed by atoms with Gasteiger partial charge in [0.25, 0.3) is 0 Å². The van der Waals surface area contributed by atoms with Crippen LogP contribution in [0.15, 0.2) is 0 Å². The zero-order chi connectivity index (χ0) is 11.9. The third-order valence-electron chi connectivity index (χ3n) is 3.42. The van der Waals surface area contributed by atoms with E-state index in [1.807, 2.05) is 0 Å². The molecule has 1 amide bonds. The van der Waals surface area contributed by atoms with E-state index in [2.05, 4.69) is 10.2 Å². The summed E-state index contributed by atoms with van der Waals surface area (Å²) in [5.74, 6) is 0.356. The summed E-state index contributed by atoms with van der Waals surface area (Å²) in [5, 5.41) is 3.02. The summed E-state index contributed by atoms with van der Waals surface area (Å²) in [4.78, 5) is 14.2. The predicted octanol–water partition coefficient (Wildman–Crippen LogP) is -0.139. The van der Waals surface area contributed by atoms with E-state index in [4.69, 9.17) is 9.47 Å². The molecule has 0 bridgehead atoms. The van der Waals surface area contributed by atoms with Gasteiger partial charge in [-0.2, -0.15) is 0 Å². The zero-order valence-electron chi connectivity index (χ0n) is 10.3. The third-order valence-corrected chi connectivity index (χ3v) is 3.42. The Kier molecular flexibility index (Phi) is 5.22. The first kappa shape index (κ1) is 12.8. The number of morpholine rings is 1. The van der Waals surface area contributed by atoms with Crippen molar-refractivity contribution in [1.29, 1.82) is 0 Å². The highest BCUT2D eigenvalue weighted by atomic mass is 16.5. The molecule has 0 unspecified atom stereocenters. The van der Waals surface area contributed by atoms with Crippen molar-refractivity contribution in [3.63, 3.8) is 0 Å². The number of rotatable bonds is 4. The topological polar surface area (TPSA) is 50.8 Å². The minimum atomic E-state index is 0.161. The van der Waals surface area contributed by atoms with E-state index >= 15 is 0 Å². The predicted molar refractivity (Wildman–Crippen MR) is 63.8 cm³/mol. The summed E-state index contributed by atoms with van der Waals surface area (Å²) in [6, 6.07) is 0. The van der Waals surface area contributed by atoms with E-state index in [0.29, 0.717) is 0 Å². The molecule has 17 heavy (non-hydrogen) atoms. The maximum absolute atomic E-state index is 11.8. The van der Waals surface area contributed by atoms with Crippen molar-refractivity contribution in [1.82, 2.24) is 10.2 Å². The van der Waals surface area contributed by atoms with Crippen molar-refractivity contribution in [2.24, 2.45) is 5.92 Å². The van der Waals surface area contributed by atoms with Gasteiger partial charge in [-0.1, -0.05) is 0 Å². The molecule has 0 aliphatic carbocycles. The second-order valence-corrected chi connectivity index (χ2v) is 4.63. The molecule has 0 aromatic heterocycles. The van der Waals surface area contributed by atoms with Crippen LogP contribution in [0.2, 0.25) is 0 Å². The average molecular weight is 242 g/mol. The molecule has 2 saturated heterocycles. The molecule has 2 rings (SSSR count). The highest BCUT2D eigenvalue weighted by molar-refractivity contribution is 5.78. The number of ether oxygens (including phenoxy) is 2. The number of nitrogens with zero attached hydrogens (tertiary/aromatic N) is 1. The lowest BCUT2D eigenvalue weighted by Crippen LogP contribution is -2.43. The fourth-order valence-corrected chi connectivity index (χ4v) is 2.27. The normalized spacial score (nSPS) is 23.5. The fourth-order valence-electron chi connectivity index (χ4n) is 2.27. The zero-order valence-corrected chi connectivity index (χ0v) is 10.3. The Labute approximate surface area is 102 Å². The molecule has 2 fully saturated rings. The summed E-state index contributed by atoms with van der Waals surface area (Å²) in [7, 11) is 0. The summed E-state index contributed by atoms with van der Waals surface area (Å²) in [6.45, 7) is 6.71. The Morgan fingerprint density at radius 2 is 1.76 bits per heavy atom. The third kappa shape index (κ3) is 4.26. The molecular formula is C12H22N2O3. The van der Waals surface area contributed by atoms with Crippen LogP contribution in [0.4, 0.5) is 0 Å². The van der Waals surface area contributed by atoms with Crippen molar-refractivity contribution in [3.05, 3.63) is 0 Å². The number of carbonyl (C=O) groups is 1. The van der Waals surface area contributed by atoms with Crippen LogP contribution in [-0.4, -0.2) is 63.4 Å². The standard InChI is InChI=1S/C12H22N2O3/c15-12(11-1-7-16-8-2-11)13-3-4-14-5-9-17-10-6-14/h11H,1-10H2,(H,13,15). The van der Waals surface area contributed by atoms with Crippen LogP contribution in [0, 0.1) is 5.92 Å². The lowest BCUT2D eigenvalue weighted by atomic mass is 9.99. The minimum Gasteiger partial charge on any atom is -0.381 e. The lowest BCUT2D eigenvalue weighted by Gasteiger charge is -2.27. The van der Waals surface area contributed by atoms with E-state index in [1.165, 1.54) is 0 Å². The van der Waals surface area contributed by atoms with Crippen molar-refractivity contribution >= 4 is 5.91 Å². The Morgan fingerprint density at radius 1 is 1.12 bits per heavy atom. The first-order valence-electron chi connectivity index (χ1n) is 6.52. The highest BCUT2D eigenvalue weighted by Crippen LogP contribution is 2.14. The van der Waals surface area contributed by atoms with Gasteiger partial charge in [0.2, 0.25) is 5.91 Å². The summed E-state index contributed by atoms with van der Waals surface area (Å²) in [5.41, 5.74) is 0. The van der Waals surface area contributed by atoms with Gasteiger partial charge in [0.15, 0.2) is 0 Å². The van der Waals surface area contributed by atoms with E-state index in [-0.39, 0.29) is 11.8 Å². The second-order valence-electron chi connectivity index (χ2n) is 4.63. The monoisotopic (exact) mass is 242 g/mol. The lowest BCUT2D eigenvalue weighted by molar-refractivity contribution is -0.127. The second kappa shape index (κ2) is 6.93. The number of amides is 1. The van der Waals surface area contributed by atoms with Gasteiger partial charge in [-0.25, -0.2) is 0 Å². The molecule has 0 saturated carbocycles. The summed E-state index contributed by atoms with van der Waals surface area (Å²) >= 11 is 0. The SMILES string of the molecule is O=C(NCCN1CCOCC1)C1CCOCC1. The quantitative estimate of drug-likeness (QED) is 0.745. The molecule has 5 nitrogen and oxygen atoms in total. The molecule has 0 radical (unpaired) electrons. The molecule has 0 spiro atoms. The molecule has 98 valence electrons. The van der Waals surface area contributed by atoms with Gasteiger partial charge >= 0.3 is 0 Å². The first-order valence-corrected chi connectivity index (χ1v) is 6.52. The van der Waals surface area contributed by atoms with Crippen molar-refractivity contribution < 1.29 is 14.3 Å². The van der Waals surface area contributed by atoms with E-state index in [1.54, 1.807) is 0 Å². The van der Waals surface area contributed by atoms with Crippen molar-refractivity contribution in [2.45, 2.75) is 12.8 Å². The Balaban J connectivity index is 1.58. The average Bonchev–Trinajstić information content (AvgIpc) is 2.41. The van der Waals surface area contributed by atoms with Crippen molar-refractivity contribution in [3.8, 4) is 0 Å². The van der Waals surface area contributed by atoms with Gasteiger partial charge in [0.05, 0.1) is 13.2 Å². The molecular weight excluding hydrogens is 220 g/mol. The van der Waals surface area contributed by atoms with Crippen LogP contribution in [-0.2, 0) is 14.3 Å². The minimum absolute atomic E-state index is 0.161. The maximum Gasteiger partial charge on any atom is 0.223 e. The molecule has 0 atom stereocenters. The fraction of sp³-hybridized carbons (Fsp3) is 0.917. The van der Waals surface area contributed by atoms with Crippen LogP contribution in [0.25, 0.3) is 0 Å². The highest BCUT2D eigenvalue weighted by Gasteiger charge is 2.21. The molecule has 5 heteroatoms. The Bertz CT molecular complexity index is 236. The molecule has 2 aliphatic heterocycles. The molecule has 0 aromatic rings. The van der Waals surface area contributed by atoms with Crippen LogP contribution in [0.1, 0.15) is 12.8 Å². The van der Waals surface area contributed by atoms with Gasteiger partial charge in [-0.05, 0) is 12.8 Å².